The van der Waals surface area contributed by atoms with Crippen LogP contribution in [-0.4, -0.2) is 33.0 Å². The van der Waals surface area contributed by atoms with Gasteiger partial charge in [0.25, 0.3) is 5.75 Å². The largest absolute Gasteiger partial charge is 0.444 e. The van der Waals surface area contributed by atoms with Crippen molar-refractivity contribution in [3.8, 4) is 11.5 Å². The zero-order valence-corrected chi connectivity index (χ0v) is 22.0. The molecule has 0 fully saturated rings. The molecule has 1 amide bonds. The molecular formula is C24H15BrClF3N4O6. The first-order valence-corrected chi connectivity index (χ1v) is 12.1. The van der Waals surface area contributed by atoms with Gasteiger partial charge in [0.05, 0.1) is 33.6 Å². The average Bonchev–Trinajstić information content (AvgIpc) is 3.30. The lowest BCUT2D eigenvalue weighted by molar-refractivity contribution is -0.396. The maximum atomic E-state index is 13.3. The number of nitrogens with zero attached hydrogens (tertiary/aromatic N) is 4. The Hall–Kier alpha value is -4.04. The maximum absolute atomic E-state index is 13.3. The summed E-state index contributed by atoms with van der Waals surface area (Å²) in [4.78, 5) is 33.1. The fraction of sp³-hybridized carbons (Fsp3) is 0.167. The van der Waals surface area contributed by atoms with Crippen LogP contribution in [-0.2, 0) is 11.0 Å². The van der Waals surface area contributed by atoms with Gasteiger partial charge in [-0.3, -0.25) is 25.0 Å². The highest BCUT2D eigenvalue weighted by Crippen LogP contribution is 2.46. The number of nitro benzene ring substituents is 2. The summed E-state index contributed by atoms with van der Waals surface area (Å²) in [6, 6.07) is 11.3. The molecule has 1 aliphatic rings. The molecule has 202 valence electrons. The minimum absolute atomic E-state index is 0.00856. The van der Waals surface area contributed by atoms with Gasteiger partial charge in [-0.1, -0.05) is 39.7 Å². The van der Waals surface area contributed by atoms with Gasteiger partial charge in [-0.25, -0.2) is 5.01 Å². The lowest BCUT2D eigenvalue weighted by Crippen LogP contribution is -2.23. The second kappa shape index (κ2) is 10.6. The normalized spacial score (nSPS) is 15.2. The monoisotopic (exact) mass is 626 g/mol. The summed E-state index contributed by atoms with van der Waals surface area (Å²) in [7, 11) is 0. The first kappa shape index (κ1) is 28.0. The van der Waals surface area contributed by atoms with E-state index in [-0.39, 0.29) is 40.9 Å². The number of alkyl halides is 3. The zero-order chi connectivity index (χ0) is 28.6. The average molecular weight is 628 g/mol. The number of hydrazone groups is 1. The summed E-state index contributed by atoms with van der Waals surface area (Å²) >= 11 is 9.56. The molecule has 1 unspecified atom stereocenters. The van der Waals surface area contributed by atoms with E-state index in [0.717, 1.165) is 4.47 Å². The Bertz CT molecular complexity index is 1500. The van der Waals surface area contributed by atoms with Crippen LogP contribution in [0, 0.1) is 20.2 Å². The van der Waals surface area contributed by atoms with Crippen molar-refractivity contribution in [2.75, 3.05) is 6.54 Å². The summed E-state index contributed by atoms with van der Waals surface area (Å²) in [6.07, 6.45) is -5.09. The van der Waals surface area contributed by atoms with E-state index >= 15 is 0 Å². The number of carbonyl (C=O) groups is 1. The van der Waals surface area contributed by atoms with Crippen LogP contribution in [0.25, 0.3) is 0 Å². The van der Waals surface area contributed by atoms with E-state index in [1.165, 1.54) is 30.1 Å². The SMILES string of the molecule is CC(=O)N1CC(c2cc(Cl)ccc2Oc2c([N+](=O)[O-])cc(C(F)(F)F)cc2[N+](=O)[O-])C(c2ccc(Br)cc2)=N1. The molecule has 0 aromatic heterocycles. The van der Waals surface area contributed by atoms with Crippen LogP contribution in [0.5, 0.6) is 11.5 Å². The van der Waals surface area contributed by atoms with Crippen molar-refractivity contribution in [2.24, 2.45) is 5.10 Å². The minimum Gasteiger partial charge on any atom is -0.444 e. The molecule has 1 heterocycles. The number of rotatable bonds is 6. The molecule has 0 aliphatic carbocycles. The molecule has 0 radical (unpaired) electrons. The number of amides is 1. The number of carbonyl (C=O) groups excluding carboxylic acids is 1. The van der Waals surface area contributed by atoms with Crippen LogP contribution in [0.2, 0.25) is 5.02 Å². The molecule has 39 heavy (non-hydrogen) atoms. The van der Waals surface area contributed by atoms with E-state index in [9.17, 15) is 38.2 Å². The Labute approximate surface area is 231 Å². The lowest BCUT2D eigenvalue weighted by Gasteiger charge is -2.19. The van der Waals surface area contributed by atoms with Crippen molar-refractivity contribution in [3.05, 3.63) is 101 Å². The van der Waals surface area contributed by atoms with Crippen LogP contribution in [0.15, 0.2) is 64.2 Å². The Morgan fingerprint density at radius 1 is 1.08 bits per heavy atom. The Morgan fingerprint density at radius 2 is 1.67 bits per heavy atom. The van der Waals surface area contributed by atoms with Crippen molar-refractivity contribution < 1.29 is 32.5 Å². The van der Waals surface area contributed by atoms with Crippen molar-refractivity contribution >= 4 is 50.5 Å². The number of hydrogen-bond donors (Lipinski definition) is 0. The third kappa shape index (κ3) is 5.86. The third-order valence-corrected chi connectivity index (χ3v) is 6.51. The smallest absolute Gasteiger partial charge is 0.416 e. The van der Waals surface area contributed by atoms with Crippen molar-refractivity contribution in [3.63, 3.8) is 0 Å². The highest BCUT2D eigenvalue weighted by molar-refractivity contribution is 9.10. The highest BCUT2D eigenvalue weighted by atomic mass is 79.9. The minimum atomic E-state index is -5.09. The third-order valence-electron chi connectivity index (χ3n) is 5.75. The first-order valence-electron chi connectivity index (χ1n) is 10.9. The summed E-state index contributed by atoms with van der Waals surface area (Å²) in [5, 5.41) is 29.2. The fourth-order valence-electron chi connectivity index (χ4n) is 3.96. The molecule has 10 nitrogen and oxygen atoms in total. The molecule has 4 rings (SSSR count). The van der Waals surface area contributed by atoms with E-state index in [4.69, 9.17) is 16.3 Å². The lowest BCUT2D eigenvalue weighted by atomic mass is 9.90. The summed E-state index contributed by atoms with van der Waals surface area (Å²) in [6.45, 7) is 1.31. The van der Waals surface area contributed by atoms with E-state index in [2.05, 4.69) is 21.0 Å². The summed E-state index contributed by atoms with van der Waals surface area (Å²) in [5.74, 6) is -2.25. The Morgan fingerprint density at radius 3 is 2.18 bits per heavy atom. The topological polar surface area (TPSA) is 128 Å². The van der Waals surface area contributed by atoms with Gasteiger partial charge in [0.15, 0.2) is 0 Å². The summed E-state index contributed by atoms with van der Waals surface area (Å²) < 4.78 is 46.4. The van der Waals surface area contributed by atoms with Crippen LogP contribution in [0.4, 0.5) is 24.5 Å². The van der Waals surface area contributed by atoms with Gasteiger partial charge in [-0.05, 0) is 35.9 Å². The predicted octanol–water partition coefficient (Wildman–Crippen LogP) is 7.08. The van der Waals surface area contributed by atoms with Crippen LogP contribution in [0.3, 0.4) is 0 Å². The molecular weight excluding hydrogens is 613 g/mol. The van der Waals surface area contributed by atoms with Crippen molar-refractivity contribution in [1.29, 1.82) is 0 Å². The van der Waals surface area contributed by atoms with Crippen molar-refractivity contribution in [1.82, 2.24) is 5.01 Å². The van der Waals surface area contributed by atoms with Gasteiger partial charge in [0.1, 0.15) is 5.75 Å². The van der Waals surface area contributed by atoms with E-state index in [0.29, 0.717) is 11.3 Å². The molecule has 0 bridgehead atoms. The van der Waals surface area contributed by atoms with Gasteiger partial charge in [-0.15, -0.1) is 0 Å². The predicted molar refractivity (Wildman–Crippen MR) is 137 cm³/mol. The van der Waals surface area contributed by atoms with Gasteiger partial charge < -0.3 is 4.74 Å². The van der Waals surface area contributed by atoms with Gasteiger partial charge >= 0.3 is 17.6 Å². The van der Waals surface area contributed by atoms with Crippen LogP contribution >= 0.6 is 27.5 Å². The molecule has 0 saturated heterocycles. The Kier molecular flexibility index (Phi) is 7.61. The zero-order valence-electron chi connectivity index (χ0n) is 19.6. The number of halogens is 5. The second-order valence-corrected chi connectivity index (χ2v) is 9.64. The fourth-order valence-corrected chi connectivity index (χ4v) is 4.40. The Balaban J connectivity index is 1.88. The highest BCUT2D eigenvalue weighted by Gasteiger charge is 2.40. The number of nitro groups is 2. The van der Waals surface area contributed by atoms with E-state index in [1.807, 2.05) is 0 Å². The molecule has 15 heteroatoms. The number of benzene rings is 3. The molecule has 1 aliphatic heterocycles. The quantitative estimate of drug-likeness (QED) is 0.212. The molecule has 1 atom stereocenters. The standard InChI is InChI=1S/C24H15BrClF3N4O6/c1-12(34)31-11-18(22(30-31)13-2-4-15(25)5-3-13)17-10-16(26)6-7-21(17)39-23-19(32(35)36)8-14(24(27,28)29)9-20(23)33(37)38/h2-10,18H,11H2,1H3. The number of ether oxygens (including phenoxy) is 1. The molecule has 0 N–H and O–H groups in total. The van der Waals surface area contributed by atoms with Gasteiger partial charge in [0.2, 0.25) is 5.91 Å². The van der Waals surface area contributed by atoms with Crippen LogP contribution in [0.1, 0.15) is 29.5 Å². The summed E-state index contributed by atoms with van der Waals surface area (Å²) in [5.41, 5.74) is -2.82. The molecule has 3 aromatic carbocycles. The van der Waals surface area contributed by atoms with Crippen LogP contribution < -0.4 is 4.74 Å². The first-order chi connectivity index (χ1) is 18.3. The van der Waals surface area contributed by atoms with E-state index < -0.39 is 44.6 Å². The van der Waals surface area contributed by atoms with Crippen molar-refractivity contribution in [2.45, 2.75) is 19.0 Å². The molecule has 0 spiro atoms. The second-order valence-electron chi connectivity index (χ2n) is 8.29. The number of hydrogen-bond acceptors (Lipinski definition) is 7. The van der Waals surface area contributed by atoms with Gasteiger partial charge in [0, 0.05) is 34.1 Å². The maximum Gasteiger partial charge on any atom is 0.416 e. The molecule has 3 aromatic rings. The van der Waals surface area contributed by atoms with Gasteiger partial charge in [-0.2, -0.15) is 18.3 Å². The van der Waals surface area contributed by atoms with E-state index in [1.54, 1.807) is 24.3 Å². The molecule has 0 saturated carbocycles.